The average molecular weight is 214 g/mol. The fourth-order valence-electron chi connectivity index (χ4n) is 1.16. The van der Waals surface area contributed by atoms with Crippen LogP contribution in [-0.2, 0) is 4.79 Å². The molecule has 0 rings (SSSR count). The number of nitrogens with zero attached hydrogens (tertiary/aromatic N) is 1. The van der Waals surface area contributed by atoms with Crippen molar-refractivity contribution in [3.05, 3.63) is 12.2 Å². The molecule has 0 aromatic rings. The van der Waals surface area contributed by atoms with Crippen molar-refractivity contribution in [2.45, 2.75) is 25.9 Å². The van der Waals surface area contributed by atoms with Gasteiger partial charge in [-0.1, -0.05) is 19.1 Å². The maximum atomic E-state index is 10.6. The van der Waals surface area contributed by atoms with Gasteiger partial charge in [-0.3, -0.25) is 4.79 Å². The molecular formula is C11H22N2O2. The number of allylic oxidation sites excluding steroid dienone is 1. The van der Waals surface area contributed by atoms with E-state index in [-0.39, 0.29) is 12.3 Å². The molecule has 0 aliphatic heterocycles. The molecule has 0 heterocycles. The molecule has 0 bridgehead atoms. The van der Waals surface area contributed by atoms with Gasteiger partial charge < -0.3 is 15.7 Å². The highest BCUT2D eigenvalue weighted by Gasteiger charge is 2.14. The minimum absolute atomic E-state index is 0.0443. The number of hydrogen-bond donors (Lipinski definition) is 2. The number of primary amides is 1. The van der Waals surface area contributed by atoms with Crippen molar-refractivity contribution in [3.63, 3.8) is 0 Å². The van der Waals surface area contributed by atoms with E-state index in [4.69, 9.17) is 5.73 Å². The summed E-state index contributed by atoms with van der Waals surface area (Å²) in [4.78, 5) is 12.6. The highest BCUT2D eigenvalue weighted by atomic mass is 16.3. The van der Waals surface area contributed by atoms with Crippen LogP contribution in [0.25, 0.3) is 0 Å². The van der Waals surface area contributed by atoms with Crippen LogP contribution in [0.5, 0.6) is 0 Å². The van der Waals surface area contributed by atoms with E-state index in [0.29, 0.717) is 0 Å². The monoisotopic (exact) mass is 214 g/mol. The zero-order valence-electron chi connectivity index (χ0n) is 9.81. The number of carbonyl (C=O) groups is 1. The van der Waals surface area contributed by atoms with E-state index >= 15 is 0 Å². The zero-order valence-corrected chi connectivity index (χ0v) is 9.81. The normalized spacial score (nSPS) is 15.8. The fraction of sp³-hybridized carbons (Fsp3) is 0.727. The predicted octanol–water partition coefficient (Wildman–Crippen LogP) is 0.367. The third-order valence-corrected chi connectivity index (χ3v) is 2.21. The second-order valence-corrected chi connectivity index (χ2v) is 4.18. The lowest BCUT2D eigenvalue weighted by molar-refractivity contribution is -0.120. The Morgan fingerprint density at radius 2 is 2.07 bits per heavy atom. The summed E-state index contributed by atoms with van der Waals surface area (Å²) in [5, 5.41) is 9.55. The minimum atomic E-state index is -0.633. The van der Waals surface area contributed by atoms with Crippen LogP contribution < -0.4 is 5.73 Å². The second kappa shape index (κ2) is 7.43. The van der Waals surface area contributed by atoms with Gasteiger partial charge in [-0.2, -0.15) is 0 Å². The Kier molecular flexibility index (Phi) is 6.99. The maximum Gasteiger partial charge on any atom is 0.220 e. The van der Waals surface area contributed by atoms with Gasteiger partial charge in [0, 0.05) is 6.54 Å². The van der Waals surface area contributed by atoms with Crippen LogP contribution in [0.4, 0.5) is 0 Å². The van der Waals surface area contributed by atoms with Gasteiger partial charge in [-0.25, -0.2) is 0 Å². The molecule has 0 saturated carbocycles. The van der Waals surface area contributed by atoms with Gasteiger partial charge in [0.05, 0.1) is 12.5 Å². The van der Waals surface area contributed by atoms with E-state index in [0.717, 1.165) is 13.0 Å². The molecule has 3 N–H and O–H groups in total. The number of amides is 1. The Labute approximate surface area is 91.8 Å². The Morgan fingerprint density at radius 1 is 1.47 bits per heavy atom. The van der Waals surface area contributed by atoms with Crippen LogP contribution >= 0.6 is 0 Å². The predicted molar refractivity (Wildman–Crippen MR) is 61.3 cm³/mol. The quantitative estimate of drug-likeness (QED) is 0.602. The van der Waals surface area contributed by atoms with Crippen molar-refractivity contribution < 1.29 is 9.90 Å². The van der Waals surface area contributed by atoms with Crippen molar-refractivity contribution in [2.24, 2.45) is 11.7 Å². The van der Waals surface area contributed by atoms with Gasteiger partial charge in [0.15, 0.2) is 0 Å². The molecule has 0 aliphatic carbocycles. The van der Waals surface area contributed by atoms with Crippen molar-refractivity contribution in [3.8, 4) is 0 Å². The first-order valence-corrected chi connectivity index (χ1v) is 5.19. The van der Waals surface area contributed by atoms with E-state index < -0.39 is 12.0 Å². The first-order chi connectivity index (χ1) is 6.93. The molecule has 0 unspecified atom stereocenters. The van der Waals surface area contributed by atoms with Crippen molar-refractivity contribution in [1.29, 1.82) is 0 Å². The van der Waals surface area contributed by atoms with E-state index in [2.05, 4.69) is 4.90 Å². The number of aliphatic hydroxyl groups excluding tert-OH is 1. The van der Waals surface area contributed by atoms with Gasteiger partial charge in [-0.05, 0) is 26.4 Å². The maximum absolute atomic E-state index is 10.6. The molecule has 1 amide bonds. The van der Waals surface area contributed by atoms with E-state index in [9.17, 15) is 9.90 Å². The van der Waals surface area contributed by atoms with Crippen LogP contribution in [-0.4, -0.2) is 42.7 Å². The second-order valence-electron chi connectivity index (χ2n) is 4.18. The first kappa shape index (κ1) is 14.1. The van der Waals surface area contributed by atoms with Crippen LogP contribution in [0.1, 0.15) is 19.8 Å². The Balaban J connectivity index is 3.77. The summed E-state index contributed by atoms with van der Waals surface area (Å²) >= 11 is 0. The van der Waals surface area contributed by atoms with Gasteiger partial charge in [0.25, 0.3) is 0 Å². The molecule has 0 radical (unpaired) electrons. The fourth-order valence-corrected chi connectivity index (χ4v) is 1.16. The van der Waals surface area contributed by atoms with E-state index in [1.54, 1.807) is 0 Å². The number of hydrogen-bond acceptors (Lipinski definition) is 3. The van der Waals surface area contributed by atoms with Gasteiger partial charge in [0.1, 0.15) is 0 Å². The summed E-state index contributed by atoms with van der Waals surface area (Å²) < 4.78 is 0. The summed E-state index contributed by atoms with van der Waals surface area (Å²) in [5.74, 6) is -0.387. The highest BCUT2D eigenvalue weighted by molar-refractivity contribution is 5.74. The molecule has 0 aromatic heterocycles. The molecule has 0 fully saturated rings. The Morgan fingerprint density at radius 3 is 2.53 bits per heavy atom. The molecule has 15 heavy (non-hydrogen) atoms. The standard InChI is InChI=1S/C11H22N2O2/c1-9(10(14)8-11(12)15)6-4-5-7-13(2)3/h4-5,9-10,14H,6-8H2,1-3H3,(H2,12,15)/b5-4+/t9-,10+/m1/s1. The summed E-state index contributed by atoms with van der Waals surface area (Å²) in [6.07, 6.45) is 4.25. The average Bonchev–Trinajstić information content (AvgIpc) is 2.10. The SMILES string of the molecule is C[C@H](C/C=C/CN(C)C)[C@@H](O)CC(N)=O. The topological polar surface area (TPSA) is 66.6 Å². The largest absolute Gasteiger partial charge is 0.392 e. The van der Waals surface area contributed by atoms with Crippen LogP contribution in [0, 0.1) is 5.92 Å². The molecule has 0 aliphatic rings. The number of rotatable bonds is 7. The summed E-state index contributed by atoms with van der Waals surface area (Å²) in [6, 6.07) is 0. The van der Waals surface area contributed by atoms with Gasteiger partial charge >= 0.3 is 0 Å². The lowest BCUT2D eigenvalue weighted by atomic mass is 9.98. The van der Waals surface area contributed by atoms with Gasteiger partial charge in [-0.15, -0.1) is 0 Å². The lowest BCUT2D eigenvalue weighted by Crippen LogP contribution is -2.25. The van der Waals surface area contributed by atoms with Crippen molar-refractivity contribution >= 4 is 5.91 Å². The molecule has 0 saturated heterocycles. The molecule has 0 spiro atoms. The molecule has 4 nitrogen and oxygen atoms in total. The summed E-state index contributed by atoms with van der Waals surface area (Å²) in [6.45, 7) is 2.80. The molecule has 4 heteroatoms. The zero-order chi connectivity index (χ0) is 11.8. The van der Waals surface area contributed by atoms with Crippen LogP contribution in [0.3, 0.4) is 0 Å². The number of likely N-dealkylation sites (N-methyl/N-ethyl adjacent to an activating group) is 1. The van der Waals surface area contributed by atoms with Crippen molar-refractivity contribution in [2.75, 3.05) is 20.6 Å². The van der Waals surface area contributed by atoms with Crippen molar-refractivity contribution in [1.82, 2.24) is 4.90 Å². The van der Waals surface area contributed by atoms with E-state index in [1.807, 2.05) is 33.2 Å². The van der Waals surface area contributed by atoms with Crippen LogP contribution in [0.2, 0.25) is 0 Å². The number of carbonyl (C=O) groups excluding carboxylic acids is 1. The van der Waals surface area contributed by atoms with E-state index in [1.165, 1.54) is 0 Å². The molecule has 2 atom stereocenters. The summed E-state index contributed by atoms with van der Waals surface area (Å²) in [7, 11) is 3.99. The number of aliphatic hydroxyl groups is 1. The summed E-state index contributed by atoms with van der Waals surface area (Å²) in [5.41, 5.74) is 5.00. The Hall–Kier alpha value is -0.870. The lowest BCUT2D eigenvalue weighted by Gasteiger charge is -2.15. The van der Waals surface area contributed by atoms with Crippen LogP contribution in [0.15, 0.2) is 12.2 Å². The third kappa shape index (κ3) is 8.15. The molecular weight excluding hydrogens is 192 g/mol. The number of nitrogens with two attached hydrogens (primary N) is 1. The molecule has 0 aromatic carbocycles. The Bertz CT molecular complexity index is 215. The minimum Gasteiger partial charge on any atom is -0.392 e. The smallest absolute Gasteiger partial charge is 0.220 e. The first-order valence-electron chi connectivity index (χ1n) is 5.19. The highest BCUT2D eigenvalue weighted by Crippen LogP contribution is 2.11. The third-order valence-electron chi connectivity index (χ3n) is 2.21. The van der Waals surface area contributed by atoms with Gasteiger partial charge in [0.2, 0.25) is 5.91 Å². The molecule has 88 valence electrons.